The molecule has 1 rings (SSSR count). The molecule has 0 saturated carbocycles. The van der Waals surface area contributed by atoms with Crippen LogP contribution in [0.3, 0.4) is 0 Å². The summed E-state index contributed by atoms with van der Waals surface area (Å²) in [5.41, 5.74) is 7.02. The van der Waals surface area contributed by atoms with Crippen LogP contribution in [-0.2, 0) is 10.2 Å². The van der Waals surface area contributed by atoms with Crippen molar-refractivity contribution in [3.8, 4) is 0 Å². The van der Waals surface area contributed by atoms with Gasteiger partial charge in [-0.1, -0.05) is 64.4 Å². The molecule has 0 spiro atoms. The van der Waals surface area contributed by atoms with Crippen LogP contribution in [0.15, 0.2) is 30.3 Å². The van der Waals surface area contributed by atoms with Gasteiger partial charge in [-0.2, -0.15) is 0 Å². The highest BCUT2D eigenvalue weighted by atomic mass is 35.5. The van der Waals surface area contributed by atoms with Crippen LogP contribution in [-0.4, -0.2) is 18.0 Å². The topological polar surface area (TPSA) is 55.1 Å². The molecule has 0 heterocycles. The first kappa shape index (κ1) is 19.9. The second kappa shape index (κ2) is 9.06. The highest BCUT2D eigenvalue weighted by Gasteiger charge is 2.31. The lowest BCUT2D eigenvalue weighted by atomic mass is 9.76. The molecule has 0 radical (unpaired) electrons. The number of halogens is 1. The first-order valence-electron chi connectivity index (χ1n) is 7.54. The van der Waals surface area contributed by atoms with Gasteiger partial charge in [-0.05, 0) is 18.4 Å². The van der Waals surface area contributed by atoms with E-state index in [0.717, 1.165) is 19.3 Å². The zero-order valence-electron chi connectivity index (χ0n) is 13.6. The third-order valence-electron chi connectivity index (χ3n) is 4.05. The van der Waals surface area contributed by atoms with E-state index in [-0.39, 0.29) is 29.8 Å². The minimum atomic E-state index is -0.402. The van der Waals surface area contributed by atoms with Gasteiger partial charge in [0, 0.05) is 11.5 Å². The van der Waals surface area contributed by atoms with Crippen LogP contribution < -0.4 is 11.1 Å². The fraction of sp³-hybridized carbons (Fsp3) is 0.588. The highest BCUT2D eigenvalue weighted by Crippen LogP contribution is 2.28. The molecule has 1 aromatic rings. The Kier molecular flexibility index (Phi) is 8.60. The maximum absolute atomic E-state index is 12.1. The van der Waals surface area contributed by atoms with E-state index in [2.05, 4.69) is 38.2 Å². The predicted molar refractivity (Wildman–Crippen MR) is 91.8 cm³/mol. The van der Waals surface area contributed by atoms with Crippen molar-refractivity contribution in [3.05, 3.63) is 35.9 Å². The molecule has 0 saturated heterocycles. The summed E-state index contributed by atoms with van der Waals surface area (Å²) < 4.78 is 0. The lowest BCUT2D eigenvalue weighted by molar-refractivity contribution is -0.123. The quantitative estimate of drug-likeness (QED) is 0.810. The molecule has 1 aromatic carbocycles. The average Bonchev–Trinajstić information content (AvgIpc) is 2.45. The smallest absolute Gasteiger partial charge is 0.237 e. The Morgan fingerprint density at radius 2 is 1.81 bits per heavy atom. The number of rotatable bonds is 7. The number of carbonyl (C=O) groups is 1. The number of benzene rings is 1. The summed E-state index contributed by atoms with van der Waals surface area (Å²) in [6.45, 7) is 8.48. The number of hydrogen-bond donors (Lipinski definition) is 2. The highest BCUT2D eigenvalue weighted by molar-refractivity contribution is 5.85. The second-order valence-electron chi connectivity index (χ2n) is 5.95. The Balaban J connectivity index is 0.00000400. The van der Waals surface area contributed by atoms with Gasteiger partial charge in [0.1, 0.15) is 0 Å². The van der Waals surface area contributed by atoms with Gasteiger partial charge in [0.2, 0.25) is 5.91 Å². The van der Waals surface area contributed by atoms with Gasteiger partial charge < -0.3 is 11.1 Å². The Morgan fingerprint density at radius 3 is 2.29 bits per heavy atom. The first-order valence-corrected chi connectivity index (χ1v) is 7.54. The largest absolute Gasteiger partial charge is 0.351 e. The standard InChI is InChI=1S/C17H28N2O.ClH/c1-5-10-14(18)16(20)19-15(6-2)17(3,4)13-11-8-7-9-12-13;/h7-9,11-12,14-15H,5-6,10,18H2,1-4H3,(H,19,20);1H. The van der Waals surface area contributed by atoms with Gasteiger partial charge in [0.15, 0.2) is 0 Å². The van der Waals surface area contributed by atoms with E-state index in [4.69, 9.17) is 5.73 Å². The van der Waals surface area contributed by atoms with Crippen LogP contribution >= 0.6 is 12.4 Å². The molecule has 120 valence electrons. The van der Waals surface area contributed by atoms with Gasteiger partial charge in [-0.15, -0.1) is 12.4 Å². The van der Waals surface area contributed by atoms with Crippen LogP contribution in [0.25, 0.3) is 0 Å². The maximum Gasteiger partial charge on any atom is 0.237 e. The van der Waals surface area contributed by atoms with Crippen molar-refractivity contribution in [2.75, 3.05) is 0 Å². The minimum absolute atomic E-state index is 0. The third kappa shape index (κ3) is 5.33. The average molecular weight is 313 g/mol. The van der Waals surface area contributed by atoms with Crippen molar-refractivity contribution in [2.24, 2.45) is 5.73 Å². The van der Waals surface area contributed by atoms with Crippen molar-refractivity contribution >= 4 is 18.3 Å². The third-order valence-corrected chi connectivity index (χ3v) is 4.05. The first-order chi connectivity index (χ1) is 9.43. The van der Waals surface area contributed by atoms with Crippen molar-refractivity contribution in [1.82, 2.24) is 5.32 Å². The van der Waals surface area contributed by atoms with E-state index >= 15 is 0 Å². The molecule has 0 bridgehead atoms. The summed E-state index contributed by atoms with van der Waals surface area (Å²) in [6.07, 6.45) is 2.54. The van der Waals surface area contributed by atoms with E-state index in [1.807, 2.05) is 25.1 Å². The zero-order valence-corrected chi connectivity index (χ0v) is 14.4. The summed E-state index contributed by atoms with van der Waals surface area (Å²) in [4.78, 5) is 12.1. The van der Waals surface area contributed by atoms with Crippen LogP contribution in [0.4, 0.5) is 0 Å². The van der Waals surface area contributed by atoms with Gasteiger partial charge in [0.25, 0.3) is 0 Å². The Morgan fingerprint density at radius 1 is 1.24 bits per heavy atom. The summed E-state index contributed by atoms with van der Waals surface area (Å²) in [6, 6.07) is 9.99. The number of hydrogen-bond acceptors (Lipinski definition) is 2. The van der Waals surface area contributed by atoms with E-state index in [0.29, 0.717) is 0 Å². The van der Waals surface area contributed by atoms with E-state index in [9.17, 15) is 4.79 Å². The molecule has 3 nitrogen and oxygen atoms in total. The molecule has 0 aliphatic heterocycles. The van der Waals surface area contributed by atoms with Crippen molar-refractivity contribution < 1.29 is 4.79 Å². The lowest BCUT2D eigenvalue weighted by Gasteiger charge is -2.35. The van der Waals surface area contributed by atoms with Crippen LogP contribution in [0, 0.1) is 0 Å². The van der Waals surface area contributed by atoms with Gasteiger partial charge in [-0.25, -0.2) is 0 Å². The number of nitrogens with two attached hydrogens (primary N) is 1. The molecule has 0 aliphatic rings. The fourth-order valence-corrected chi connectivity index (χ4v) is 2.58. The van der Waals surface area contributed by atoms with Gasteiger partial charge in [-0.3, -0.25) is 4.79 Å². The van der Waals surface area contributed by atoms with E-state index in [1.165, 1.54) is 5.56 Å². The number of amides is 1. The molecular weight excluding hydrogens is 284 g/mol. The van der Waals surface area contributed by atoms with Crippen molar-refractivity contribution in [2.45, 2.75) is 64.5 Å². The monoisotopic (exact) mass is 312 g/mol. The van der Waals surface area contributed by atoms with Crippen LogP contribution in [0.1, 0.15) is 52.5 Å². The molecule has 0 fully saturated rings. The zero-order chi connectivity index (χ0) is 15.2. The lowest BCUT2D eigenvalue weighted by Crippen LogP contribution is -2.52. The summed E-state index contributed by atoms with van der Waals surface area (Å²) in [5.74, 6) is -0.0392. The molecule has 2 atom stereocenters. The Hall–Kier alpha value is -1.06. The molecule has 0 aromatic heterocycles. The second-order valence-corrected chi connectivity index (χ2v) is 5.95. The summed E-state index contributed by atoms with van der Waals surface area (Å²) in [7, 11) is 0. The maximum atomic E-state index is 12.1. The molecule has 1 amide bonds. The molecule has 3 N–H and O–H groups in total. The fourth-order valence-electron chi connectivity index (χ4n) is 2.58. The summed E-state index contributed by atoms with van der Waals surface area (Å²) in [5, 5.41) is 3.13. The van der Waals surface area contributed by atoms with E-state index < -0.39 is 6.04 Å². The number of carbonyl (C=O) groups excluding carboxylic acids is 1. The summed E-state index contributed by atoms with van der Waals surface area (Å²) >= 11 is 0. The molecule has 2 unspecified atom stereocenters. The van der Waals surface area contributed by atoms with Crippen molar-refractivity contribution in [1.29, 1.82) is 0 Å². The molecule has 4 heteroatoms. The SMILES string of the molecule is CCCC(N)C(=O)NC(CC)C(C)(C)c1ccccc1.Cl. The van der Waals surface area contributed by atoms with E-state index in [1.54, 1.807) is 0 Å². The Bertz CT molecular complexity index is 420. The molecular formula is C17H29ClN2O. The minimum Gasteiger partial charge on any atom is -0.351 e. The van der Waals surface area contributed by atoms with Crippen LogP contribution in [0.2, 0.25) is 0 Å². The Labute approximate surface area is 135 Å². The van der Waals surface area contributed by atoms with Crippen molar-refractivity contribution in [3.63, 3.8) is 0 Å². The van der Waals surface area contributed by atoms with Crippen LogP contribution in [0.5, 0.6) is 0 Å². The predicted octanol–water partition coefficient (Wildman–Crippen LogP) is 3.41. The van der Waals surface area contributed by atoms with Gasteiger partial charge in [0.05, 0.1) is 6.04 Å². The normalized spacial score (nSPS) is 14.0. The van der Waals surface area contributed by atoms with Gasteiger partial charge >= 0.3 is 0 Å². The molecule has 21 heavy (non-hydrogen) atoms. The number of nitrogens with one attached hydrogen (secondary N) is 1. The molecule has 0 aliphatic carbocycles.